The van der Waals surface area contributed by atoms with Crippen LogP contribution in [0.4, 0.5) is 11.4 Å². The van der Waals surface area contributed by atoms with E-state index in [2.05, 4.69) is 56.3 Å². The number of rotatable bonds is 9. The maximum absolute atomic E-state index is 11.9. The number of carbonyl (C=O) groups is 2. The number of nitrogens with zero attached hydrogens (tertiary/aromatic N) is 5. The summed E-state index contributed by atoms with van der Waals surface area (Å²) in [6.07, 6.45) is 7.90. The fraction of sp³-hybridized carbons (Fsp3) is 0.122. The number of benzene rings is 4. The van der Waals surface area contributed by atoms with Crippen LogP contribution in [-0.4, -0.2) is 51.8 Å². The monoisotopic (exact) mass is 782 g/mol. The Bertz CT molecular complexity index is 2680. The molecule has 10 heteroatoms. The van der Waals surface area contributed by atoms with E-state index in [4.69, 9.17) is 20.2 Å². The summed E-state index contributed by atoms with van der Waals surface area (Å²) >= 11 is 0. The Morgan fingerprint density at radius 1 is 0.542 bits per heavy atom. The van der Waals surface area contributed by atoms with Gasteiger partial charge in [0.25, 0.3) is 0 Å². The smallest absolute Gasteiger partial charge is 0.337 e. The lowest BCUT2D eigenvalue weighted by atomic mass is 10.0. The third kappa shape index (κ3) is 10.8. The van der Waals surface area contributed by atoms with Crippen molar-refractivity contribution >= 4 is 50.8 Å². The summed E-state index contributed by atoms with van der Waals surface area (Å²) in [4.78, 5) is 46.0. The molecule has 2 N–H and O–H groups in total. The minimum Gasteiger partial charge on any atom is -0.465 e. The number of methoxy groups -OCH3 is 2. The topological polar surface area (TPSA) is 143 Å². The van der Waals surface area contributed by atoms with E-state index in [1.54, 1.807) is 49.1 Å². The molecule has 4 heterocycles. The molecule has 0 aliphatic carbocycles. The van der Waals surface area contributed by atoms with Crippen LogP contribution in [0.2, 0.25) is 0 Å². The van der Waals surface area contributed by atoms with E-state index < -0.39 is 0 Å². The fourth-order valence-corrected chi connectivity index (χ4v) is 6.32. The number of fused-ring (bicyclic) bond motifs is 2. The minimum absolute atomic E-state index is 0. The second kappa shape index (κ2) is 20.0. The highest BCUT2D eigenvalue weighted by Gasteiger charge is 2.11. The van der Waals surface area contributed by atoms with E-state index in [9.17, 15) is 9.59 Å². The summed E-state index contributed by atoms with van der Waals surface area (Å²) in [6, 6.07) is 43.2. The van der Waals surface area contributed by atoms with Gasteiger partial charge in [-0.25, -0.2) is 14.6 Å². The van der Waals surface area contributed by atoms with Gasteiger partial charge in [-0.2, -0.15) is 0 Å². The number of nitrogens with two attached hydrogens (primary N) is 1. The number of hydrogen-bond donors (Lipinski definition) is 1. The van der Waals surface area contributed by atoms with Crippen molar-refractivity contribution in [3.05, 3.63) is 203 Å². The summed E-state index contributed by atoms with van der Waals surface area (Å²) in [5.41, 5.74) is 16.7. The molecule has 0 saturated carbocycles. The quantitative estimate of drug-likeness (QED) is 0.112. The van der Waals surface area contributed by atoms with Gasteiger partial charge >= 0.3 is 11.9 Å². The van der Waals surface area contributed by atoms with E-state index in [0.717, 1.165) is 66.8 Å². The molecule has 0 saturated heterocycles. The highest BCUT2D eigenvalue weighted by atomic mass is 16.5. The van der Waals surface area contributed by atoms with Crippen LogP contribution in [0.1, 0.15) is 69.2 Å². The van der Waals surface area contributed by atoms with Crippen molar-refractivity contribution in [2.75, 3.05) is 20.0 Å². The summed E-state index contributed by atoms with van der Waals surface area (Å²) < 4.78 is 9.54. The largest absolute Gasteiger partial charge is 0.465 e. The average Bonchev–Trinajstić information content (AvgIpc) is 3.25. The number of ether oxygens (including phenoxy) is 2. The predicted molar refractivity (Wildman–Crippen MR) is 236 cm³/mol. The van der Waals surface area contributed by atoms with Gasteiger partial charge < -0.3 is 15.2 Å². The number of carbonyl (C=O) groups excluding carboxylic acids is 2. The van der Waals surface area contributed by atoms with Crippen molar-refractivity contribution in [2.45, 2.75) is 27.7 Å². The zero-order valence-corrected chi connectivity index (χ0v) is 31.4. The molecule has 0 radical (unpaired) electrons. The third-order valence-corrected chi connectivity index (χ3v) is 9.08. The lowest BCUT2D eigenvalue weighted by Crippen LogP contribution is -2.03. The Hall–Kier alpha value is -7.59. The van der Waals surface area contributed by atoms with Crippen LogP contribution >= 0.6 is 0 Å². The van der Waals surface area contributed by atoms with Crippen molar-refractivity contribution in [1.29, 1.82) is 0 Å². The molecule has 0 aliphatic rings. The molecule has 10 nitrogen and oxygen atoms in total. The van der Waals surface area contributed by atoms with Gasteiger partial charge in [0.15, 0.2) is 0 Å². The van der Waals surface area contributed by atoms with Crippen molar-refractivity contribution in [1.82, 2.24) is 19.9 Å². The Labute approximate surface area is 344 Å². The first-order valence-corrected chi connectivity index (χ1v) is 18.1. The zero-order chi connectivity index (χ0) is 39.6. The lowest BCUT2D eigenvalue weighted by molar-refractivity contribution is 0.0591. The SMILES string of the molecule is C.C.COC(=O)c1ccnc(Cc2ccc3ncc(N)cc3c2)c1.COC(=O)c1ccnc(Cc2ccc3ncc(N=C(c4ccccc4)c4ccccc4)cc3c2)c1. The first kappa shape index (κ1) is 42.6. The summed E-state index contributed by atoms with van der Waals surface area (Å²) in [6.45, 7) is 0. The van der Waals surface area contributed by atoms with Crippen LogP contribution in [0.3, 0.4) is 0 Å². The number of aromatic nitrogens is 4. The van der Waals surface area contributed by atoms with Gasteiger partial charge in [-0.15, -0.1) is 0 Å². The Kier molecular flexibility index (Phi) is 14.4. The van der Waals surface area contributed by atoms with Crippen molar-refractivity contribution < 1.29 is 19.1 Å². The second-order valence-electron chi connectivity index (χ2n) is 13.1. The molecule has 0 bridgehead atoms. The zero-order valence-electron chi connectivity index (χ0n) is 31.4. The number of pyridine rings is 4. The molecule has 0 unspecified atom stereocenters. The second-order valence-corrected chi connectivity index (χ2v) is 13.1. The van der Waals surface area contributed by atoms with Gasteiger partial charge in [-0.05, 0) is 71.8 Å². The van der Waals surface area contributed by atoms with Crippen LogP contribution < -0.4 is 5.73 Å². The van der Waals surface area contributed by atoms with E-state index in [-0.39, 0.29) is 26.8 Å². The number of esters is 2. The highest BCUT2D eigenvalue weighted by molar-refractivity contribution is 6.14. The molecule has 4 aromatic heterocycles. The molecule has 4 aromatic carbocycles. The van der Waals surface area contributed by atoms with E-state index in [0.29, 0.717) is 29.7 Å². The lowest BCUT2D eigenvalue weighted by Gasteiger charge is -2.09. The molecule has 0 atom stereocenters. The van der Waals surface area contributed by atoms with Crippen molar-refractivity contribution in [3.8, 4) is 0 Å². The summed E-state index contributed by atoms with van der Waals surface area (Å²) in [5.74, 6) is -0.731. The molecule has 296 valence electrons. The summed E-state index contributed by atoms with van der Waals surface area (Å²) in [5, 5.41) is 1.98. The number of aliphatic imine (C=N–C) groups is 1. The average molecular weight is 783 g/mol. The van der Waals surface area contributed by atoms with Gasteiger partial charge in [-0.3, -0.25) is 19.9 Å². The van der Waals surface area contributed by atoms with Gasteiger partial charge in [0, 0.05) is 58.5 Å². The fourth-order valence-electron chi connectivity index (χ4n) is 6.32. The Balaban J connectivity index is 0.000000239. The van der Waals surface area contributed by atoms with E-state index in [1.165, 1.54) is 14.2 Å². The molecule has 8 rings (SSSR count). The van der Waals surface area contributed by atoms with Crippen LogP contribution in [0.25, 0.3) is 21.8 Å². The Morgan fingerprint density at radius 2 is 1.02 bits per heavy atom. The van der Waals surface area contributed by atoms with Gasteiger partial charge in [0.2, 0.25) is 0 Å². The van der Waals surface area contributed by atoms with Crippen LogP contribution in [0.5, 0.6) is 0 Å². The van der Waals surface area contributed by atoms with Crippen LogP contribution in [0, 0.1) is 0 Å². The van der Waals surface area contributed by atoms with E-state index in [1.807, 2.05) is 72.8 Å². The number of nitrogen functional groups attached to an aromatic ring is 1. The van der Waals surface area contributed by atoms with Gasteiger partial charge in [0.1, 0.15) is 0 Å². The van der Waals surface area contributed by atoms with E-state index >= 15 is 0 Å². The van der Waals surface area contributed by atoms with Gasteiger partial charge in [0.05, 0.1) is 65.9 Å². The van der Waals surface area contributed by atoms with Crippen LogP contribution in [0.15, 0.2) is 163 Å². The van der Waals surface area contributed by atoms with Crippen molar-refractivity contribution in [2.24, 2.45) is 4.99 Å². The highest BCUT2D eigenvalue weighted by Crippen LogP contribution is 2.24. The number of anilines is 1. The standard InChI is InChI=1S/C30H23N3O2.C17H15N3O2.2CH4/c1-35-30(34)24-14-15-31-26(18-24)17-21-12-13-28-25(16-21)19-27(20-32-28)33-29(22-8-4-2-5-9-22)23-10-6-3-7-11-23;1-22-17(21)12-4-5-19-15(9-12)7-11-2-3-16-13(6-11)8-14(18)10-20-16;;/h2-16,18-20H,17H2,1H3;2-6,8-10H,7,18H2,1H3;2*1H4. The first-order chi connectivity index (χ1) is 27.8. The molecule has 0 amide bonds. The minimum atomic E-state index is -0.369. The van der Waals surface area contributed by atoms with Crippen molar-refractivity contribution in [3.63, 3.8) is 0 Å². The van der Waals surface area contributed by atoms with Gasteiger partial charge in [-0.1, -0.05) is 87.6 Å². The maximum atomic E-state index is 11.9. The normalized spacial score (nSPS) is 10.3. The molecule has 0 spiro atoms. The Morgan fingerprint density at radius 3 is 1.51 bits per heavy atom. The third-order valence-electron chi connectivity index (χ3n) is 9.08. The molecule has 0 fully saturated rings. The van der Waals surface area contributed by atoms with Crippen LogP contribution in [-0.2, 0) is 22.3 Å². The number of hydrogen-bond acceptors (Lipinski definition) is 10. The first-order valence-electron chi connectivity index (χ1n) is 18.1. The molecule has 59 heavy (non-hydrogen) atoms. The summed E-state index contributed by atoms with van der Waals surface area (Å²) in [7, 11) is 2.74. The maximum Gasteiger partial charge on any atom is 0.337 e. The molecule has 8 aromatic rings. The predicted octanol–water partition coefficient (Wildman–Crippen LogP) is 10.0. The molecular weight excluding hydrogens is 737 g/mol. The molecular formula is C49H46N6O4. The molecule has 0 aliphatic heterocycles.